The number of benzene rings is 1. The highest BCUT2D eigenvalue weighted by molar-refractivity contribution is 7.91. The summed E-state index contributed by atoms with van der Waals surface area (Å²) >= 11 is 0. The zero-order valence-corrected chi connectivity index (χ0v) is 16.8. The van der Waals surface area contributed by atoms with E-state index >= 15 is 0 Å². The summed E-state index contributed by atoms with van der Waals surface area (Å²) in [6.07, 6.45) is 0.514. The van der Waals surface area contributed by atoms with Crippen molar-refractivity contribution >= 4 is 21.6 Å². The Morgan fingerprint density at radius 2 is 1.93 bits per heavy atom. The van der Waals surface area contributed by atoms with Gasteiger partial charge in [-0.2, -0.15) is 0 Å². The quantitative estimate of drug-likeness (QED) is 0.562. The molecule has 1 aliphatic rings. The average Bonchev–Trinajstić information content (AvgIpc) is 3.13. The van der Waals surface area contributed by atoms with Crippen LogP contribution in [0.25, 0.3) is 0 Å². The van der Waals surface area contributed by atoms with Crippen LogP contribution in [0.3, 0.4) is 0 Å². The van der Waals surface area contributed by atoms with Gasteiger partial charge >= 0.3 is 5.97 Å². The fraction of sp³-hybridized carbons (Fsp3) is 0.400. The molecule has 8 heteroatoms. The smallest absolute Gasteiger partial charge is 0.338 e. The van der Waals surface area contributed by atoms with Crippen molar-refractivity contribution in [1.82, 2.24) is 4.57 Å². The number of carbonyl (C=O) groups excluding carboxylic acids is 2. The van der Waals surface area contributed by atoms with Gasteiger partial charge in [-0.15, -0.1) is 0 Å². The predicted octanol–water partition coefficient (Wildman–Crippen LogP) is 2.95. The number of ether oxygens (including phenoxy) is 1. The molecular weight excluding hydrogens is 385 g/mol. The molecule has 1 atom stereocenters. The van der Waals surface area contributed by atoms with E-state index in [9.17, 15) is 22.4 Å². The summed E-state index contributed by atoms with van der Waals surface area (Å²) in [5.41, 5.74) is 2.29. The molecule has 0 bridgehead atoms. The molecule has 6 nitrogen and oxygen atoms in total. The standard InChI is InChI=1S/C20H22FNO5S/c1-12-4-5-15(9-18(12)21)20(24)27-10-19(23)17-8-13(2)22(14(17)3)16-6-7-28(25,26)11-16/h4-5,8-9,16H,6-7,10-11H2,1-3H3/t16-/m0/s1. The van der Waals surface area contributed by atoms with Gasteiger partial charge in [0.15, 0.2) is 16.4 Å². The molecule has 0 saturated carbocycles. The van der Waals surface area contributed by atoms with Gasteiger partial charge in [0.25, 0.3) is 0 Å². The normalized spacial score (nSPS) is 18.2. The number of hydrogen-bond donors (Lipinski definition) is 0. The fourth-order valence-corrected chi connectivity index (χ4v) is 5.31. The van der Waals surface area contributed by atoms with Crippen LogP contribution in [-0.4, -0.2) is 42.9 Å². The molecular formula is C20H22FNO5S. The lowest BCUT2D eigenvalue weighted by Crippen LogP contribution is -2.17. The molecule has 0 spiro atoms. The molecule has 2 aromatic rings. The summed E-state index contributed by atoms with van der Waals surface area (Å²) < 4.78 is 44.0. The number of carbonyl (C=O) groups is 2. The Morgan fingerprint density at radius 3 is 2.54 bits per heavy atom. The largest absolute Gasteiger partial charge is 0.454 e. The first-order chi connectivity index (χ1) is 13.1. The molecule has 0 amide bonds. The monoisotopic (exact) mass is 407 g/mol. The highest BCUT2D eigenvalue weighted by Gasteiger charge is 2.31. The summed E-state index contributed by atoms with van der Waals surface area (Å²) in [5, 5.41) is 0. The first kappa shape index (κ1) is 20.3. The molecule has 1 aromatic carbocycles. The average molecular weight is 407 g/mol. The van der Waals surface area contributed by atoms with Crippen LogP contribution in [0, 0.1) is 26.6 Å². The Balaban J connectivity index is 1.72. The van der Waals surface area contributed by atoms with Crippen molar-refractivity contribution < 1.29 is 27.1 Å². The Morgan fingerprint density at radius 1 is 1.21 bits per heavy atom. The van der Waals surface area contributed by atoms with Gasteiger partial charge in [0.1, 0.15) is 5.82 Å². The lowest BCUT2D eigenvalue weighted by atomic mass is 10.1. The molecule has 1 aliphatic heterocycles. The third-order valence-electron chi connectivity index (χ3n) is 5.10. The molecule has 0 radical (unpaired) electrons. The fourth-order valence-electron chi connectivity index (χ4n) is 3.61. The van der Waals surface area contributed by atoms with Crippen LogP contribution >= 0.6 is 0 Å². The molecule has 3 rings (SSSR count). The zero-order chi connectivity index (χ0) is 20.6. The highest BCUT2D eigenvalue weighted by atomic mass is 32.2. The van der Waals surface area contributed by atoms with E-state index in [0.29, 0.717) is 23.2 Å². The number of ketones is 1. The number of rotatable bonds is 5. The Kier molecular flexibility index (Phi) is 5.43. The first-order valence-electron chi connectivity index (χ1n) is 8.94. The second-order valence-electron chi connectivity index (χ2n) is 7.17. The summed E-state index contributed by atoms with van der Waals surface area (Å²) in [4.78, 5) is 24.6. The van der Waals surface area contributed by atoms with E-state index < -0.39 is 28.2 Å². The second-order valence-corrected chi connectivity index (χ2v) is 9.40. The van der Waals surface area contributed by atoms with Gasteiger partial charge in [-0.25, -0.2) is 17.6 Å². The Hall–Kier alpha value is -2.48. The number of nitrogens with zero attached hydrogens (tertiary/aromatic N) is 1. The van der Waals surface area contributed by atoms with Crippen LogP contribution < -0.4 is 0 Å². The number of halogens is 1. The molecule has 0 N–H and O–H groups in total. The predicted molar refractivity (Wildman–Crippen MR) is 102 cm³/mol. The molecule has 150 valence electrons. The molecule has 1 fully saturated rings. The van der Waals surface area contributed by atoms with Crippen LogP contribution in [0.15, 0.2) is 24.3 Å². The minimum Gasteiger partial charge on any atom is -0.454 e. The van der Waals surface area contributed by atoms with Gasteiger partial charge in [-0.05, 0) is 51.0 Å². The maximum absolute atomic E-state index is 13.6. The summed E-state index contributed by atoms with van der Waals surface area (Å²) in [6, 6.07) is 5.48. The van der Waals surface area contributed by atoms with Crippen LogP contribution in [0.1, 0.15) is 50.1 Å². The van der Waals surface area contributed by atoms with Gasteiger partial charge in [-0.3, -0.25) is 4.79 Å². The van der Waals surface area contributed by atoms with Gasteiger partial charge in [0, 0.05) is 23.0 Å². The number of sulfone groups is 1. The Labute approximate surface area is 163 Å². The summed E-state index contributed by atoms with van der Waals surface area (Å²) in [6.45, 7) is 4.68. The Bertz CT molecular complexity index is 1050. The third-order valence-corrected chi connectivity index (χ3v) is 6.85. The van der Waals surface area contributed by atoms with E-state index in [4.69, 9.17) is 4.74 Å². The zero-order valence-electron chi connectivity index (χ0n) is 16.0. The van der Waals surface area contributed by atoms with Gasteiger partial charge in [-0.1, -0.05) is 6.07 Å². The lowest BCUT2D eigenvalue weighted by Gasteiger charge is -2.16. The molecule has 28 heavy (non-hydrogen) atoms. The van der Waals surface area contributed by atoms with Crippen molar-refractivity contribution in [3.05, 3.63) is 58.2 Å². The molecule has 2 heterocycles. The van der Waals surface area contributed by atoms with Crippen LogP contribution in [0.4, 0.5) is 4.39 Å². The SMILES string of the molecule is Cc1ccc(C(=O)OCC(=O)c2cc(C)n([C@H]3CCS(=O)(=O)C3)c2C)cc1F. The highest BCUT2D eigenvalue weighted by Crippen LogP contribution is 2.29. The van der Waals surface area contributed by atoms with Crippen molar-refractivity contribution in [3.8, 4) is 0 Å². The van der Waals surface area contributed by atoms with Crippen LogP contribution in [0.2, 0.25) is 0 Å². The van der Waals surface area contributed by atoms with E-state index in [2.05, 4.69) is 0 Å². The topological polar surface area (TPSA) is 82.4 Å². The van der Waals surface area contributed by atoms with E-state index in [0.717, 1.165) is 11.8 Å². The number of aryl methyl sites for hydroxylation is 2. The van der Waals surface area contributed by atoms with Crippen LogP contribution in [0.5, 0.6) is 0 Å². The summed E-state index contributed by atoms with van der Waals surface area (Å²) in [7, 11) is -3.05. The molecule has 1 saturated heterocycles. The summed E-state index contributed by atoms with van der Waals surface area (Å²) in [5.74, 6) is -1.48. The van der Waals surface area contributed by atoms with Crippen molar-refractivity contribution in [2.45, 2.75) is 33.2 Å². The van der Waals surface area contributed by atoms with Crippen LogP contribution in [-0.2, 0) is 14.6 Å². The number of hydrogen-bond acceptors (Lipinski definition) is 5. The van der Waals surface area contributed by atoms with Crippen molar-refractivity contribution in [3.63, 3.8) is 0 Å². The number of Topliss-reactive ketones (excluding diaryl/α,β-unsaturated/α-hetero) is 1. The second kappa shape index (κ2) is 7.50. The van der Waals surface area contributed by atoms with E-state index in [1.807, 2.05) is 11.5 Å². The van der Waals surface area contributed by atoms with E-state index in [-0.39, 0.29) is 28.9 Å². The molecule has 0 aliphatic carbocycles. The van der Waals surface area contributed by atoms with E-state index in [1.165, 1.54) is 12.1 Å². The maximum Gasteiger partial charge on any atom is 0.338 e. The first-order valence-corrected chi connectivity index (χ1v) is 10.8. The van der Waals surface area contributed by atoms with Gasteiger partial charge in [0.2, 0.25) is 5.78 Å². The van der Waals surface area contributed by atoms with Crippen molar-refractivity contribution in [1.29, 1.82) is 0 Å². The van der Waals surface area contributed by atoms with Gasteiger partial charge in [0.05, 0.1) is 17.1 Å². The third kappa shape index (κ3) is 4.01. The molecule has 0 unspecified atom stereocenters. The van der Waals surface area contributed by atoms with Crippen molar-refractivity contribution in [2.75, 3.05) is 18.1 Å². The van der Waals surface area contributed by atoms with Crippen molar-refractivity contribution in [2.24, 2.45) is 0 Å². The van der Waals surface area contributed by atoms with E-state index in [1.54, 1.807) is 19.9 Å². The lowest BCUT2D eigenvalue weighted by molar-refractivity contribution is 0.0474. The minimum atomic E-state index is -3.05. The van der Waals surface area contributed by atoms with Gasteiger partial charge < -0.3 is 9.30 Å². The minimum absolute atomic E-state index is 0.0394. The maximum atomic E-state index is 13.6. The number of esters is 1. The molecule has 1 aromatic heterocycles. The number of aromatic nitrogens is 1.